The van der Waals surface area contributed by atoms with E-state index in [0.29, 0.717) is 24.3 Å². The van der Waals surface area contributed by atoms with Crippen LogP contribution >= 0.6 is 0 Å². The van der Waals surface area contributed by atoms with Gasteiger partial charge >= 0.3 is 0 Å². The van der Waals surface area contributed by atoms with Crippen LogP contribution in [0.2, 0.25) is 0 Å². The highest BCUT2D eigenvalue weighted by Gasteiger charge is 2.42. The maximum atomic E-state index is 12.9. The molecular weight excluding hydrogens is 318 g/mol. The van der Waals surface area contributed by atoms with Gasteiger partial charge in [-0.2, -0.15) is 0 Å². The number of benzene rings is 2. The van der Waals surface area contributed by atoms with Crippen LogP contribution in [-0.4, -0.2) is 35.4 Å². The molecule has 0 fully saturated rings. The molecule has 2 aromatic rings. The summed E-state index contributed by atoms with van der Waals surface area (Å²) in [6, 6.07) is 15.4. The number of fused-ring (bicyclic) bond motifs is 2. The lowest BCUT2D eigenvalue weighted by Gasteiger charge is -2.35. The third-order valence-electron chi connectivity index (χ3n) is 4.97. The lowest BCUT2D eigenvalue weighted by Crippen LogP contribution is -2.59. The van der Waals surface area contributed by atoms with E-state index >= 15 is 0 Å². The van der Waals surface area contributed by atoms with Gasteiger partial charge in [0.1, 0.15) is 6.10 Å². The predicted octanol–water partition coefficient (Wildman–Crippen LogP) is 1.86. The molecule has 5 heteroatoms. The van der Waals surface area contributed by atoms with Crippen molar-refractivity contribution in [3.05, 3.63) is 59.7 Å². The van der Waals surface area contributed by atoms with Gasteiger partial charge in [-0.25, -0.2) is 0 Å². The van der Waals surface area contributed by atoms with E-state index in [-0.39, 0.29) is 12.5 Å². The molecule has 25 heavy (non-hydrogen) atoms. The molecule has 1 aliphatic heterocycles. The van der Waals surface area contributed by atoms with Crippen molar-refractivity contribution in [2.24, 2.45) is 0 Å². The van der Waals surface area contributed by atoms with Crippen LogP contribution in [0.15, 0.2) is 48.5 Å². The maximum Gasteiger partial charge on any atom is 0.265 e. The van der Waals surface area contributed by atoms with Crippen molar-refractivity contribution in [1.29, 1.82) is 0 Å². The second-order valence-electron chi connectivity index (χ2n) is 6.86. The summed E-state index contributed by atoms with van der Waals surface area (Å²) in [6.45, 7) is 1.70. The molecule has 1 amide bonds. The minimum absolute atomic E-state index is 0.119. The number of ether oxygens (including phenoxy) is 2. The summed E-state index contributed by atoms with van der Waals surface area (Å²) in [6.07, 6.45) is 0.0740. The lowest BCUT2D eigenvalue weighted by molar-refractivity contribution is -0.136. The Balaban J connectivity index is 1.52. The van der Waals surface area contributed by atoms with Gasteiger partial charge in [0.25, 0.3) is 5.91 Å². The number of carbonyl (C=O) groups excluding carboxylic acids is 1. The summed E-state index contributed by atoms with van der Waals surface area (Å²) in [5.74, 6) is 0.946. The topological polar surface area (TPSA) is 67.8 Å². The maximum absolute atomic E-state index is 12.9. The van der Waals surface area contributed by atoms with Gasteiger partial charge in [0, 0.05) is 0 Å². The van der Waals surface area contributed by atoms with Crippen LogP contribution in [0.1, 0.15) is 18.1 Å². The van der Waals surface area contributed by atoms with Crippen LogP contribution in [0.3, 0.4) is 0 Å². The fraction of sp³-hybridized carbons (Fsp3) is 0.350. The molecule has 2 N–H and O–H groups in total. The summed E-state index contributed by atoms with van der Waals surface area (Å²) in [5, 5.41) is 13.0. The highest BCUT2D eigenvalue weighted by atomic mass is 16.6. The molecule has 2 unspecified atom stereocenters. The van der Waals surface area contributed by atoms with Gasteiger partial charge in [-0.1, -0.05) is 36.4 Å². The van der Waals surface area contributed by atoms with E-state index in [1.165, 1.54) is 0 Å². The molecule has 0 saturated heterocycles. The zero-order valence-corrected chi connectivity index (χ0v) is 14.1. The fourth-order valence-corrected chi connectivity index (χ4v) is 3.67. The molecule has 0 aromatic heterocycles. The third kappa shape index (κ3) is 2.85. The van der Waals surface area contributed by atoms with Crippen LogP contribution in [0.5, 0.6) is 11.5 Å². The largest absolute Gasteiger partial charge is 0.482 e. The average Bonchev–Trinajstić information content (AvgIpc) is 2.99. The molecule has 2 aliphatic rings. The van der Waals surface area contributed by atoms with Gasteiger partial charge in [-0.3, -0.25) is 4.79 Å². The number of hydrogen-bond acceptors (Lipinski definition) is 4. The second kappa shape index (κ2) is 6.08. The van der Waals surface area contributed by atoms with Gasteiger partial charge < -0.3 is 19.9 Å². The molecule has 0 spiro atoms. The van der Waals surface area contributed by atoms with Crippen molar-refractivity contribution in [3.63, 3.8) is 0 Å². The SMILES string of the molecule is CC1Oc2ccccc2OC1C(=O)NC1(CO)Cc2ccccc2C1. The van der Waals surface area contributed by atoms with Crippen LogP contribution < -0.4 is 14.8 Å². The molecule has 0 bridgehead atoms. The lowest BCUT2D eigenvalue weighted by atomic mass is 9.96. The number of nitrogens with one attached hydrogen (secondary N) is 1. The van der Waals surface area contributed by atoms with Gasteiger partial charge in [0.15, 0.2) is 11.5 Å². The molecule has 4 rings (SSSR count). The first kappa shape index (κ1) is 16.0. The van der Waals surface area contributed by atoms with E-state index in [9.17, 15) is 9.90 Å². The Morgan fingerprint density at radius 2 is 1.64 bits per heavy atom. The minimum Gasteiger partial charge on any atom is -0.482 e. The Morgan fingerprint density at radius 3 is 2.24 bits per heavy atom. The van der Waals surface area contributed by atoms with Crippen LogP contribution in [0.4, 0.5) is 0 Å². The van der Waals surface area contributed by atoms with Crippen molar-refractivity contribution in [1.82, 2.24) is 5.32 Å². The highest BCUT2D eigenvalue weighted by Crippen LogP contribution is 2.34. The first-order valence-corrected chi connectivity index (χ1v) is 8.52. The number of rotatable bonds is 3. The smallest absolute Gasteiger partial charge is 0.265 e. The first-order chi connectivity index (χ1) is 12.1. The average molecular weight is 339 g/mol. The molecule has 0 saturated carbocycles. The van der Waals surface area contributed by atoms with E-state index in [1.54, 1.807) is 6.07 Å². The quantitative estimate of drug-likeness (QED) is 0.896. The van der Waals surface area contributed by atoms with Gasteiger partial charge in [-0.05, 0) is 43.0 Å². The van der Waals surface area contributed by atoms with Crippen molar-refractivity contribution >= 4 is 5.91 Å². The molecule has 130 valence electrons. The molecule has 0 radical (unpaired) electrons. The Morgan fingerprint density at radius 1 is 1.08 bits per heavy atom. The number of amides is 1. The van der Waals surface area contributed by atoms with Gasteiger partial charge in [-0.15, -0.1) is 0 Å². The minimum atomic E-state index is -0.748. The Hall–Kier alpha value is -2.53. The molecule has 1 aliphatic carbocycles. The molecular formula is C20H21NO4. The predicted molar refractivity (Wildman–Crippen MR) is 92.8 cm³/mol. The van der Waals surface area contributed by atoms with Crippen molar-refractivity contribution in [2.45, 2.75) is 37.5 Å². The van der Waals surface area contributed by atoms with Crippen molar-refractivity contribution < 1.29 is 19.4 Å². The summed E-state index contributed by atoms with van der Waals surface area (Å²) < 4.78 is 11.7. The van der Waals surface area contributed by atoms with Gasteiger partial charge in [0.05, 0.1) is 12.1 Å². The van der Waals surface area contributed by atoms with E-state index < -0.39 is 17.7 Å². The summed E-state index contributed by atoms with van der Waals surface area (Å²) >= 11 is 0. The molecule has 5 nitrogen and oxygen atoms in total. The highest BCUT2D eigenvalue weighted by molar-refractivity contribution is 5.83. The number of para-hydroxylation sites is 2. The number of aliphatic hydroxyl groups excluding tert-OH is 1. The number of hydrogen-bond donors (Lipinski definition) is 2. The molecule has 1 heterocycles. The fourth-order valence-electron chi connectivity index (χ4n) is 3.67. The van der Waals surface area contributed by atoms with E-state index in [4.69, 9.17) is 9.47 Å². The van der Waals surface area contributed by atoms with E-state index in [0.717, 1.165) is 11.1 Å². The Bertz CT molecular complexity index is 779. The molecule has 2 aromatic carbocycles. The van der Waals surface area contributed by atoms with Crippen LogP contribution in [0.25, 0.3) is 0 Å². The van der Waals surface area contributed by atoms with E-state index in [2.05, 4.69) is 5.32 Å². The van der Waals surface area contributed by atoms with Crippen molar-refractivity contribution in [2.75, 3.05) is 6.61 Å². The van der Waals surface area contributed by atoms with Crippen LogP contribution in [0, 0.1) is 0 Å². The van der Waals surface area contributed by atoms with Crippen LogP contribution in [-0.2, 0) is 17.6 Å². The first-order valence-electron chi connectivity index (χ1n) is 8.52. The Kier molecular flexibility index (Phi) is 3.88. The van der Waals surface area contributed by atoms with E-state index in [1.807, 2.05) is 49.4 Å². The number of aliphatic hydroxyl groups is 1. The van der Waals surface area contributed by atoms with Gasteiger partial charge in [0.2, 0.25) is 6.10 Å². The zero-order chi connectivity index (χ0) is 17.4. The Labute approximate surface area is 146 Å². The standard InChI is InChI=1S/C20H21NO4/c1-13-18(25-17-9-5-4-8-16(17)24-13)19(23)21-20(12-22)10-14-6-2-3-7-15(14)11-20/h2-9,13,18,22H,10-12H2,1H3,(H,21,23). The summed E-state index contributed by atoms with van der Waals surface area (Å²) in [7, 11) is 0. The summed E-state index contributed by atoms with van der Waals surface area (Å²) in [4.78, 5) is 12.9. The molecule has 2 atom stereocenters. The normalized spacial score (nSPS) is 23.0. The zero-order valence-electron chi connectivity index (χ0n) is 14.1. The monoisotopic (exact) mass is 339 g/mol. The third-order valence-corrected chi connectivity index (χ3v) is 4.97. The van der Waals surface area contributed by atoms with Crippen molar-refractivity contribution in [3.8, 4) is 11.5 Å². The number of carbonyl (C=O) groups is 1. The second-order valence-corrected chi connectivity index (χ2v) is 6.86. The summed E-state index contributed by atoms with van der Waals surface area (Å²) in [5.41, 5.74) is 1.65.